The Labute approximate surface area is 124 Å². The summed E-state index contributed by atoms with van der Waals surface area (Å²) < 4.78 is 7.13. The molecule has 2 aromatic rings. The van der Waals surface area contributed by atoms with E-state index in [0.717, 1.165) is 23.4 Å². The van der Waals surface area contributed by atoms with Gasteiger partial charge in [-0.2, -0.15) is 0 Å². The molecular weight excluding hydrogens is 270 g/mol. The second kappa shape index (κ2) is 6.63. The molecule has 1 aromatic carbocycles. The fourth-order valence-electron chi connectivity index (χ4n) is 2.41. The molecule has 0 fully saturated rings. The van der Waals surface area contributed by atoms with Gasteiger partial charge in [-0.1, -0.05) is 19.1 Å². The third-order valence-corrected chi connectivity index (χ3v) is 4.89. The van der Waals surface area contributed by atoms with Crippen LogP contribution in [0.3, 0.4) is 0 Å². The zero-order valence-corrected chi connectivity index (χ0v) is 13.2. The molecular formula is C15H23N3OS. The highest BCUT2D eigenvalue weighted by molar-refractivity contribution is 7.18. The first-order chi connectivity index (χ1) is 9.62. The lowest BCUT2D eigenvalue weighted by Gasteiger charge is -2.36. The van der Waals surface area contributed by atoms with E-state index < -0.39 is 0 Å². The summed E-state index contributed by atoms with van der Waals surface area (Å²) in [5.74, 6) is 5.75. The smallest absolute Gasteiger partial charge is 0.0955 e. The highest BCUT2D eigenvalue weighted by Gasteiger charge is 2.33. The molecule has 5 heteroatoms. The third kappa shape index (κ3) is 3.17. The largest absolute Gasteiger partial charge is 0.374 e. The molecule has 2 atom stereocenters. The van der Waals surface area contributed by atoms with Crippen LogP contribution < -0.4 is 11.3 Å². The molecule has 0 aliphatic heterocycles. The number of rotatable bonds is 7. The van der Waals surface area contributed by atoms with E-state index in [2.05, 4.69) is 30.3 Å². The normalized spacial score (nSPS) is 16.2. The summed E-state index contributed by atoms with van der Waals surface area (Å²) in [5, 5.41) is 1.09. The summed E-state index contributed by atoms with van der Waals surface area (Å²) in [6.45, 7) is 6.92. The van der Waals surface area contributed by atoms with Crippen molar-refractivity contribution in [2.75, 3.05) is 6.61 Å². The van der Waals surface area contributed by atoms with Crippen molar-refractivity contribution in [2.45, 2.75) is 45.3 Å². The summed E-state index contributed by atoms with van der Waals surface area (Å²) in [6, 6.07) is 8.25. The Hall–Kier alpha value is -1.01. The van der Waals surface area contributed by atoms with Crippen molar-refractivity contribution in [2.24, 2.45) is 5.84 Å². The Morgan fingerprint density at radius 1 is 1.40 bits per heavy atom. The molecule has 2 unspecified atom stereocenters. The van der Waals surface area contributed by atoms with E-state index in [0.29, 0.717) is 6.61 Å². The zero-order chi connectivity index (χ0) is 14.6. The Bertz CT molecular complexity index is 524. The second-order valence-electron chi connectivity index (χ2n) is 5.10. The first-order valence-corrected chi connectivity index (χ1v) is 7.89. The maximum absolute atomic E-state index is 5.91. The number of fused-ring (bicyclic) bond motifs is 1. The van der Waals surface area contributed by atoms with Gasteiger partial charge in [-0.05, 0) is 32.4 Å². The van der Waals surface area contributed by atoms with Crippen LogP contribution in [0.15, 0.2) is 24.3 Å². The highest BCUT2D eigenvalue weighted by atomic mass is 32.1. The number of aromatic nitrogens is 1. The molecule has 0 radical (unpaired) electrons. The van der Waals surface area contributed by atoms with Gasteiger partial charge < -0.3 is 4.74 Å². The lowest BCUT2D eigenvalue weighted by molar-refractivity contribution is -0.0550. The van der Waals surface area contributed by atoms with Crippen LogP contribution in [0.1, 0.15) is 32.2 Å². The standard InChI is InChI=1S/C15H23N3OS/c1-4-15(3,19-5-2)13(18-16)10-14-17-11-8-6-7-9-12(11)20-14/h6-9,13,18H,4-5,10,16H2,1-3H3. The SMILES string of the molecule is CCOC(C)(CC)C(Cc1nc2ccccc2s1)NN. The van der Waals surface area contributed by atoms with Crippen LogP contribution in [-0.2, 0) is 11.2 Å². The number of ether oxygens (including phenoxy) is 1. The van der Waals surface area contributed by atoms with E-state index >= 15 is 0 Å². The fraction of sp³-hybridized carbons (Fsp3) is 0.533. The Balaban J connectivity index is 2.20. The van der Waals surface area contributed by atoms with Gasteiger partial charge in [0, 0.05) is 13.0 Å². The Kier molecular flexibility index (Phi) is 5.10. The van der Waals surface area contributed by atoms with Gasteiger partial charge in [0.15, 0.2) is 0 Å². The van der Waals surface area contributed by atoms with Crippen molar-refractivity contribution in [3.63, 3.8) is 0 Å². The number of nitrogens with two attached hydrogens (primary N) is 1. The predicted molar refractivity (Wildman–Crippen MR) is 84.8 cm³/mol. The van der Waals surface area contributed by atoms with Crippen molar-refractivity contribution in [3.8, 4) is 0 Å². The van der Waals surface area contributed by atoms with Crippen LogP contribution in [0.5, 0.6) is 0 Å². The monoisotopic (exact) mass is 293 g/mol. The molecule has 20 heavy (non-hydrogen) atoms. The third-order valence-electron chi connectivity index (χ3n) is 3.83. The van der Waals surface area contributed by atoms with Crippen LogP contribution in [0.2, 0.25) is 0 Å². The lowest BCUT2D eigenvalue weighted by Crippen LogP contribution is -2.54. The summed E-state index contributed by atoms with van der Waals surface area (Å²) >= 11 is 1.72. The average Bonchev–Trinajstić information content (AvgIpc) is 2.87. The van der Waals surface area contributed by atoms with Gasteiger partial charge in [0.1, 0.15) is 0 Å². The van der Waals surface area contributed by atoms with Crippen molar-refractivity contribution < 1.29 is 4.74 Å². The molecule has 110 valence electrons. The summed E-state index contributed by atoms with van der Waals surface area (Å²) in [7, 11) is 0. The summed E-state index contributed by atoms with van der Waals surface area (Å²) in [6.07, 6.45) is 1.68. The van der Waals surface area contributed by atoms with Gasteiger partial charge in [0.2, 0.25) is 0 Å². The van der Waals surface area contributed by atoms with E-state index in [9.17, 15) is 0 Å². The first-order valence-electron chi connectivity index (χ1n) is 7.07. The molecule has 1 heterocycles. The van der Waals surface area contributed by atoms with E-state index in [1.54, 1.807) is 11.3 Å². The van der Waals surface area contributed by atoms with Crippen LogP contribution in [0, 0.1) is 0 Å². The van der Waals surface area contributed by atoms with Gasteiger partial charge in [0.25, 0.3) is 0 Å². The molecule has 0 saturated carbocycles. The maximum atomic E-state index is 5.91. The van der Waals surface area contributed by atoms with Gasteiger partial charge in [-0.25, -0.2) is 4.98 Å². The van der Waals surface area contributed by atoms with Crippen molar-refractivity contribution in [3.05, 3.63) is 29.3 Å². The number of hydrogen-bond acceptors (Lipinski definition) is 5. The Morgan fingerprint density at radius 3 is 2.75 bits per heavy atom. The maximum Gasteiger partial charge on any atom is 0.0955 e. The van der Waals surface area contributed by atoms with Crippen LogP contribution in [-0.4, -0.2) is 23.2 Å². The first kappa shape index (κ1) is 15.4. The topological polar surface area (TPSA) is 60.2 Å². The van der Waals surface area contributed by atoms with E-state index in [1.165, 1.54) is 4.70 Å². The predicted octanol–water partition coefficient (Wildman–Crippen LogP) is 2.88. The highest BCUT2D eigenvalue weighted by Crippen LogP contribution is 2.27. The van der Waals surface area contributed by atoms with E-state index in [4.69, 9.17) is 10.6 Å². The average molecular weight is 293 g/mol. The number of thiazole rings is 1. The summed E-state index contributed by atoms with van der Waals surface area (Å²) in [5.41, 5.74) is 3.69. The second-order valence-corrected chi connectivity index (χ2v) is 6.21. The molecule has 0 saturated heterocycles. The number of nitrogens with zero attached hydrogens (tertiary/aromatic N) is 1. The van der Waals surface area contributed by atoms with Crippen LogP contribution >= 0.6 is 11.3 Å². The van der Waals surface area contributed by atoms with E-state index in [1.807, 2.05) is 25.1 Å². The molecule has 0 spiro atoms. The zero-order valence-electron chi connectivity index (χ0n) is 12.3. The number of hydrogen-bond donors (Lipinski definition) is 2. The number of para-hydroxylation sites is 1. The van der Waals surface area contributed by atoms with E-state index in [-0.39, 0.29) is 11.6 Å². The summed E-state index contributed by atoms with van der Waals surface area (Å²) in [4.78, 5) is 4.68. The van der Waals surface area contributed by atoms with Crippen molar-refractivity contribution in [1.29, 1.82) is 0 Å². The number of benzene rings is 1. The molecule has 0 bridgehead atoms. The van der Waals surface area contributed by atoms with Crippen molar-refractivity contribution >= 4 is 21.6 Å². The van der Waals surface area contributed by atoms with Crippen LogP contribution in [0.25, 0.3) is 10.2 Å². The quantitative estimate of drug-likeness (QED) is 0.609. The molecule has 0 aliphatic carbocycles. The van der Waals surface area contributed by atoms with Crippen molar-refractivity contribution in [1.82, 2.24) is 10.4 Å². The Morgan fingerprint density at radius 2 is 2.15 bits per heavy atom. The van der Waals surface area contributed by atoms with Gasteiger partial charge >= 0.3 is 0 Å². The molecule has 2 rings (SSSR count). The number of nitrogens with one attached hydrogen (secondary N) is 1. The minimum absolute atomic E-state index is 0.0491. The van der Waals surface area contributed by atoms with Crippen LogP contribution in [0.4, 0.5) is 0 Å². The van der Waals surface area contributed by atoms with Gasteiger partial charge in [-0.15, -0.1) is 11.3 Å². The lowest BCUT2D eigenvalue weighted by atomic mass is 9.91. The number of hydrazine groups is 1. The molecule has 4 nitrogen and oxygen atoms in total. The van der Waals surface area contributed by atoms with Gasteiger partial charge in [0.05, 0.1) is 26.9 Å². The minimum Gasteiger partial charge on any atom is -0.374 e. The molecule has 1 aromatic heterocycles. The molecule has 0 amide bonds. The molecule has 3 N–H and O–H groups in total. The molecule has 0 aliphatic rings. The van der Waals surface area contributed by atoms with Gasteiger partial charge in [-0.3, -0.25) is 11.3 Å². The minimum atomic E-state index is -0.276. The fourth-order valence-corrected chi connectivity index (χ4v) is 3.42.